The predicted octanol–water partition coefficient (Wildman–Crippen LogP) is 5.17. The number of aliphatic imine (C=N–C) groups is 1. The zero-order valence-corrected chi connectivity index (χ0v) is 16.1. The molecule has 1 aliphatic heterocycles. The number of hydrogen-bond donors (Lipinski definition) is 1. The highest BCUT2D eigenvalue weighted by molar-refractivity contribution is 5.92. The molecule has 1 N–H and O–H groups in total. The van der Waals surface area contributed by atoms with E-state index in [1.54, 1.807) is 31.5 Å². The van der Waals surface area contributed by atoms with Gasteiger partial charge in [-0.3, -0.25) is 4.99 Å². The average Bonchev–Trinajstić information content (AvgIpc) is 2.60. The van der Waals surface area contributed by atoms with Gasteiger partial charge in [-0.15, -0.1) is 0 Å². The van der Waals surface area contributed by atoms with Crippen molar-refractivity contribution in [1.29, 1.82) is 0 Å². The standard InChI is InChI=1S/C22H26N2O2/c1-6-24-19-12-21(26-5)16(11-17(19)15(2)13-22(24,3)4)14-23-18-9-7-8-10-20(18)25/h7-14,25H,6H2,1-5H3. The molecule has 2 aromatic rings. The Morgan fingerprint density at radius 2 is 1.96 bits per heavy atom. The van der Waals surface area contributed by atoms with Crippen LogP contribution in [0, 0.1) is 0 Å². The molecule has 0 unspecified atom stereocenters. The van der Waals surface area contributed by atoms with Gasteiger partial charge in [0.05, 0.1) is 12.6 Å². The molecule has 1 aliphatic rings. The number of anilines is 1. The van der Waals surface area contributed by atoms with E-state index in [-0.39, 0.29) is 11.3 Å². The number of benzene rings is 2. The average molecular weight is 350 g/mol. The molecule has 136 valence electrons. The summed E-state index contributed by atoms with van der Waals surface area (Å²) in [6, 6.07) is 11.2. The molecule has 1 heterocycles. The highest BCUT2D eigenvalue weighted by Crippen LogP contribution is 2.41. The first kappa shape index (κ1) is 18.1. The Bertz CT molecular complexity index is 882. The van der Waals surface area contributed by atoms with Crippen molar-refractivity contribution in [3.8, 4) is 11.5 Å². The van der Waals surface area contributed by atoms with Crippen molar-refractivity contribution in [3.63, 3.8) is 0 Å². The van der Waals surface area contributed by atoms with Crippen molar-refractivity contribution >= 4 is 23.2 Å². The number of nitrogens with zero attached hydrogens (tertiary/aromatic N) is 2. The van der Waals surface area contributed by atoms with Crippen LogP contribution in [0.25, 0.3) is 5.57 Å². The van der Waals surface area contributed by atoms with E-state index in [4.69, 9.17) is 4.74 Å². The smallest absolute Gasteiger partial charge is 0.141 e. The maximum absolute atomic E-state index is 9.91. The normalized spacial score (nSPS) is 15.7. The summed E-state index contributed by atoms with van der Waals surface area (Å²) in [4.78, 5) is 6.82. The lowest BCUT2D eigenvalue weighted by atomic mass is 9.88. The number of phenols is 1. The second kappa shape index (κ2) is 6.87. The Hall–Kier alpha value is -2.75. The fourth-order valence-electron chi connectivity index (χ4n) is 3.69. The summed E-state index contributed by atoms with van der Waals surface area (Å²) < 4.78 is 5.63. The molecule has 0 atom stereocenters. The number of phenolic OH excluding ortho intramolecular Hbond substituents is 1. The molecule has 3 rings (SSSR count). The number of rotatable bonds is 4. The van der Waals surface area contributed by atoms with E-state index in [0.717, 1.165) is 17.9 Å². The van der Waals surface area contributed by atoms with Crippen molar-refractivity contribution in [3.05, 3.63) is 53.6 Å². The number of para-hydroxylation sites is 2. The summed E-state index contributed by atoms with van der Waals surface area (Å²) in [5.41, 5.74) is 4.99. The molecule has 0 spiro atoms. The van der Waals surface area contributed by atoms with Gasteiger partial charge in [-0.1, -0.05) is 18.2 Å². The molecule has 26 heavy (non-hydrogen) atoms. The molecule has 0 aliphatic carbocycles. The summed E-state index contributed by atoms with van der Waals surface area (Å²) in [7, 11) is 1.67. The van der Waals surface area contributed by atoms with Crippen molar-refractivity contribution in [2.75, 3.05) is 18.6 Å². The van der Waals surface area contributed by atoms with E-state index in [2.05, 4.69) is 55.8 Å². The predicted molar refractivity (Wildman–Crippen MR) is 109 cm³/mol. The quantitative estimate of drug-likeness (QED) is 0.773. The lowest BCUT2D eigenvalue weighted by Gasteiger charge is -2.43. The third kappa shape index (κ3) is 3.19. The Morgan fingerprint density at radius 1 is 1.23 bits per heavy atom. The molecular formula is C22H26N2O2. The molecule has 0 aromatic heterocycles. The molecule has 0 saturated heterocycles. The summed E-state index contributed by atoms with van der Waals surface area (Å²) in [5.74, 6) is 0.933. The number of fused-ring (bicyclic) bond motifs is 1. The highest BCUT2D eigenvalue weighted by atomic mass is 16.5. The van der Waals surface area contributed by atoms with Crippen molar-refractivity contribution < 1.29 is 9.84 Å². The van der Waals surface area contributed by atoms with Crippen LogP contribution in [-0.4, -0.2) is 30.5 Å². The van der Waals surface area contributed by atoms with Crippen LogP contribution >= 0.6 is 0 Å². The number of likely N-dealkylation sites (N-methyl/N-ethyl adjacent to an activating group) is 1. The molecule has 2 aromatic carbocycles. The molecule has 0 radical (unpaired) electrons. The van der Waals surface area contributed by atoms with Gasteiger partial charge in [0, 0.05) is 35.6 Å². The number of aromatic hydroxyl groups is 1. The molecule has 0 bridgehead atoms. The summed E-state index contributed by atoms with van der Waals surface area (Å²) in [5, 5.41) is 9.91. The largest absolute Gasteiger partial charge is 0.506 e. The Morgan fingerprint density at radius 3 is 2.62 bits per heavy atom. The topological polar surface area (TPSA) is 45.1 Å². The summed E-state index contributed by atoms with van der Waals surface area (Å²) in [6.45, 7) is 9.67. The van der Waals surface area contributed by atoms with Gasteiger partial charge in [0.25, 0.3) is 0 Å². The molecule has 4 heteroatoms. The van der Waals surface area contributed by atoms with Gasteiger partial charge >= 0.3 is 0 Å². The lowest BCUT2D eigenvalue weighted by Crippen LogP contribution is -2.44. The Labute approximate surface area is 155 Å². The lowest BCUT2D eigenvalue weighted by molar-refractivity contribution is 0.413. The first-order chi connectivity index (χ1) is 12.4. The maximum Gasteiger partial charge on any atom is 0.141 e. The van der Waals surface area contributed by atoms with Gasteiger partial charge in [-0.25, -0.2) is 0 Å². The second-order valence-corrected chi connectivity index (χ2v) is 7.08. The molecule has 4 nitrogen and oxygen atoms in total. The zero-order valence-electron chi connectivity index (χ0n) is 16.1. The van der Waals surface area contributed by atoms with E-state index in [1.807, 2.05) is 6.07 Å². The van der Waals surface area contributed by atoms with Crippen LogP contribution in [0.15, 0.2) is 47.5 Å². The van der Waals surface area contributed by atoms with Crippen LogP contribution in [0.5, 0.6) is 11.5 Å². The first-order valence-electron chi connectivity index (χ1n) is 8.89. The van der Waals surface area contributed by atoms with Gasteiger partial charge in [0.2, 0.25) is 0 Å². The van der Waals surface area contributed by atoms with Gasteiger partial charge in [0.15, 0.2) is 0 Å². The van der Waals surface area contributed by atoms with Gasteiger partial charge in [-0.2, -0.15) is 0 Å². The van der Waals surface area contributed by atoms with E-state index in [1.165, 1.54) is 16.8 Å². The van der Waals surface area contributed by atoms with Crippen LogP contribution in [0.1, 0.15) is 38.8 Å². The molecule has 0 fully saturated rings. The number of methoxy groups -OCH3 is 1. The summed E-state index contributed by atoms with van der Waals surface area (Å²) in [6.07, 6.45) is 4.05. The number of allylic oxidation sites excluding steroid dienone is 1. The number of hydrogen-bond acceptors (Lipinski definition) is 4. The molecular weight excluding hydrogens is 324 g/mol. The monoisotopic (exact) mass is 350 g/mol. The van der Waals surface area contributed by atoms with Crippen LogP contribution in [0.4, 0.5) is 11.4 Å². The highest BCUT2D eigenvalue weighted by Gasteiger charge is 2.31. The van der Waals surface area contributed by atoms with Crippen LogP contribution in [0.2, 0.25) is 0 Å². The van der Waals surface area contributed by atoms with Gasteiger partial charge in [-0.05, 0) is 51.5 Å². The van der Waals surface area contributed by atoms with E-state index in [9.17, 15) is 5.11 Å². The SMILES string of the molecule is CCN1c2cc(OC)c(C=Nc3ccccc3O)cc2C(C)=CC1(C)C. The van der Waals surface area contributed by atoms with Crippen molar-refractivity contribution in [2.45, 2.75) is 33.2 Å². The third-order valence-electron chi connectivity index (χ3n) is 4.87. The third-order valence-corrected chi connectivity index (χ3v) is 4.87. The minimum Gasteiger partial charge on any atom is -0.506 e. The fraction of sp³-hybridized carbons (Fsp3) is 0.318. The van der Waals surface area contributed by atoms with Crippen LogP contribution in [-0.2, 0) is 0 Å². The zero-order chi connectivity index (χ0) is 18.9. The fourth-order valence-corrected chi connectivity index (χ4v) is 3.69. The first-order valence-corrected chi connectivity index (χ1v) is 8.89. The summed E-state index contributed by atoms with van der Waals surface area (Å²) >= 11 is 0. The maximum atomic E-state index is 9.91. The Balaban J connectivity index is 2.09. The van der Waals surface area contributed by atoms with Crippen LogP contribution < -0.4 is 9.64 Å². The van der Waals surface area contributed by atoms with Gasteiger partial charge in [0.1, 0.15) is 17.2 Å². The minimum atomic E-state index is -0.0394. The van der Waals surface area contributed by atoms with E-state index < -0.39 is 0 Å². The minimum absolute atomic E-state index is 0.0394. The number of ether oxygens (including phenoxy) is 1. The van der Waals surface area contributed by atoms with Gasteiger partial charge < -0.3 is 14.7 Å². The van der Waals surface area contributed by atoms with Crippen LogP contribution in [0.3, 0.4) is 0 Å². The second-order valence-electron chi connectivity index (χ2n) is 7.08. The molecule has 0 saturated carbocycles. The van der Waals surface area contributed by atoms with Crippen molar-refractivity contribution in [2.24, 2.45) is 4.99 Å². The Kier molecular flexibility index (Phi) is 4.77. The van der Waals surface area contributed by atoms with E-state index >= 15 is 0 Å². The van der Waals surface area contributed by atoms with Crippen molar-refractivity contribution in [1.82, 2.24) is 0 Å². The van der Waals surface area contributed by atoms with E-state index in [0.29, 0.717) is 5.69 Å². The molecule has 0 amide bonds.